The van der Waals surface area contributed by atoms with Crippen molar-refractivity contribution in [1.29, 1.82) is 0 Å². The molecule has 0 aliphatic rings. The van der Waals surface area contributed by atoms with E-state index in [0.29, 0.717) is 11.4 Å². The largest absolute Gasteiger partial charge is 0.383 e. The standard InChI is InChI=1S/C9H15N3O2/c1-4-6(14-3)8-11-7(10)5(2)9(13)12-8/h6H,4H2,1-3H3,(H3,10,11,12,13). The van der Waals surface area contributed by atoms with E-state index in [1.807, 2.05) is 6.92 Å². The number of aromatic nitrogens is 2. The van der Waals surface area contributed by atoms with Crippen LogP contribution in [0.3, 0.4) is 0 Å². The molecule has 5 heteroatoms. The molecule has 0 spiro atoms. The lowest BCUT2D eigenvalue weighted by atomic mass is 10.2. The van der Waals surface area contributed by atoms with Crippen LogP contribution < -0.4 is 11.3 Å². The van der Waals surface area contributed by atoms with Crippen LogP contribution in [0.1, 0.15) is 30.8 Å². The minimum Gasteiger partial charge on any atom is -0.383 e. The summed E-state index contributed by atoms with van der Waals surface area (Å²) >= 11 is 0. The van der Waals surface area contributed by atoms with Gasteiger partial charge in [-0.25, -0.2) is 4.98 Å². The molecule has 0 aliphatic carbocycles. The summed E-state index contributed by atoms with van der Waals surface area (Å²) < 4.78 is 5.15. The second-order valence-corrected chi connectivity index (χ2v) is 3.09. The molecule has 0 saturated heterocycles. The van der Waals surface area contributed by atoms with E-state index in [0.717, 1.165) is 6.42 Å². The molecule has 0 amide bonds. The average molecular weight is 197 g/mol. The Kier molecular flexibility index (Phi) is 3.24. The molecule has 0 aliphatic heterocycles. The predicted octanol–water partition coefficient (Wildman–Crippen LogP) is 0.758. The van der Waals surface area contributed by atoms with Gasteiger partial charge in [0.15, 0.2) is 0 Å². The molecule has 3 N–H and O–H groups in total. The number of nitrogens with zero attached hydrogens (tertiary/aromatic N) is 1. The zero-order chi connectivity index (χ0) is 10.7. The van der Waals surface area contributed by atoms with Crippen molar-refractivity contribution in [3.05, 3.63) is 21.7 Å². The highest BCUT2D eigenvalue weighted by Crippen LogP contribution is 2.15. The lowest BCUT2D eigenvalue weighted by molar-refractivity contribution is 0.0925. The van der Waals surface area contributed by atoms with Gasteiger partial charge < -0.3 is 15.5 Å². The minimum atomic E-state index is -0.206. The van der Waals surface area contributed by atoms with Gasteiger partial charge in [0.05, 0.1) is 5.56 Å². The molecule has 0 radical (unpaired) electrons. The summed E-state index contributed by atoms with van der Waals surface area (Å²) in [7, 11) is 1.57. The molecular weight excluding hydrogens is 182 g/mol. The quantitative estimate of drug-likeness (QED) is 0.749. The molecule has 0 saturated carbocycles. The molecule has 1 rings (SSSR count). The van der Waals surface area contributed by atoms with Crippen LogP contribution in [0.5, 0.6) is 0 Å². The Morgan fingerprint density at radius 3 is 2.71 bits per heavy atom. The van der Waals surface area contributed by atoms with Gasteiger partial charge in [-0.05, 0) is 13.3 Å². The van der Waals surface area contributed by atoms with Gasteiger partial charge in [-0.15, -0.1) is 0 Å². The van der Waals surface area contributed by atoms with E-state index in [4.69, 9.17) is 10.5 Å². The van der Waals surface area contributed by atoms with Gasteiger partial charge in [0.2, 0.25) is 0 Å². The zero-order valence-corrected chi connectivity index (χ0v) is 8.63. The SMILES string of the molecule is CCC(OC)c1nc(N)c(C)c(=O)[nH]1. The van der Waals surface area contributed by atoms with Crippen LogP contribution in [-0.2, 0) is 4.74 Å². The van der Waals surface area contributed by atoms with Gasteiger partial charge >= 0.3 is 0 Å². The minimum absolute atomic E-state index is 0.203. The van der Waals surface area contributed by atoms with E-state index in [2.05, 4.69) is 9.97 Å². The lowest BCUT2D eigenvalue weighted by Crippen LogP contribution is -2.19. The van der Waals surface area contributed by atoms with Gasteiger partial charge in [-0.1, -0.05) is 6.92 Å². The van der Waals surface area contributed by atoms with Gasteiger partial charge in [-0.2, -0.15) is 0 Å². The number of nitrogens with two attached hydrogens (primary N) is 1. The first-order valence-electron chi connectivity index (χ1n) is 4.49. The molecule has 1 aromatic heterocycles. The molecule has 1 heterocycles. The van der Waals surface area contributed by atoms with Gasteiger partial charge in [-0.3, -0.25) is 4.79 Å². The normalized spacial score (nSPS) is 12.8. The molecule has 14 heavy (non-hydrogen) atoms. The predicted molar refractivity (Wildman–Crippen MR) is 54.0 cm³/mol. The van der Waals surface area contributed by atoms with Crippen molar-refractivity contribution in [3.63, 3.8) is 0 Å². The monoisotopic (exact) mass is 197 g/mol. The molecule has 0 bridgehead atoms. The molecule has 0 fully saturated rings. The van der Waals surface area contributed by atoms with Crippen LogP contribution in [0.2, 0.25) is 0 Å². The second kappa shape index (κ2) is 4.23. The Morgan fingerprint density at radius 2 is 2.29 bits per heavy atom. The molecule has 78 valence electrons. The van der Waals surface area contributed by atoms with E-state index >= 15 is 0 Å². The first-order chi connectivity index (χ1) is 6.60. The summed E-state index contributed by atoms with van der Waals surface area (Å²) in [5.41, 5.74) is 5.82. The summed E-state index contributed by atoms with van der Waals surface area (Å²) in [6, 6.07) is 0. The fourth-order valence-corrected chi connectivity index (χ4v) is 1.19. The maximum atomic E-state index is 11.4. The van der Waals surface area contributed by atoms with E-state index in [1.54, 1.807) is 14.0 Å². The summed E-state index contributed by atoms with van der Waals surface area (Å²) in [6.45, 7) is 3.59. The number of rotatable bonds is 3. The van der Waals surface area contributed by atoms with Crippen molar-refractivity contribution in [1.82, 2.24) is 9.97 Å². The number of methoxy groups -OCH3 is 1. The van der Waals surface area contributed by atoms with E-state index < -0.39 is 0 Å². The maximum absolute atomic E-state index is 11.4. The Labute approximate surface area is 82.3 Å². The fourth-order valence-electron chi connectivity index (χ4n) is 1.19. The van der Waals surface area contributed by atoms with Crippen LogP contribution >= 0.6 is 0 Å². The van der Waals surface area contributed by atoms with Crippen LogP contribution in [-0.4, -0.2) is 17.1 Å². The van der Waals surface area contributed by atoms with Gasteiger partial charge in [0.25, 0.3) is 5.56 Å². The lowest BCUT2D eigenvalue weighted by Gasteiger charge is -2.12. The van der Waals surface area contributed by atoms with Crippen molar-refractivity contribution in [2.45, 2.75) is 26.4 Å². The maximum Gasteiger partial charge on any atom is 0.255 e. The smallest absolute Gasteiger partial charge is 0.255 e. The Balaban J connectivity index is 3.18. The van der Waals surface area contributed by atoms with Crippen molar-refractivity contribution in [2.75, 3.05) is 12.8 Å². The first-order valence-corrected chi connectivity index (χ1v) is 4.49. The number of hydrogen-bond acceptors (Lipinski definition) is 4. The van der Waals surface area contributed by atoms with Crippen molar-refractivity contribution in [2.24, 2.45) is 0 Å². The fraction of sp³-hybridized carbons (Fsp3) is 0.556. The summed E-state index contributed by atoms with van der Waals surface area (Å²) in [4.78, 5) is 18.1. The van der Waals surface area contributed by atoms with E-state index in [1.165, 1.54) is 0 Å². The Morgan fingerprint density at radius 1 is 1.64 bits per heavy atom. The van der Waals surface area contributed by atoms with E-state index in [9.17, 15) is 4.79 Å². The van der Waals surface area contributed by atoms with Crippen molar-refractivity contribution >= 4 is 5.82 Å². The molecule has 1 atom stereocenters. The Hall–Kier alpha value is -1.36. The number of ether oxygens (including phenoxy) is 1. The Bertz CT molecular complexity index is 369. The highest BCUT2D eigenvalue weighted by molar-refractivity contribution is 5.36. The van der Waals surface area contributed by atoms with Gasteiger partial charge in [0.1, 0.15) is 17.7 Å². The van der Waals surface area contributed by atoms with Gasteiger partial charge in [0, 0.05) is 7.11 Å². The topological polar surface area (TPSA) is 81.0 Å². The van der Waals surface area contributed by atoms with Crippen molar-refractivity contribution in [3.8, 4) is 0 Å². The zero-order valence-electron chi connectivity index (χ0n) is 8.63. The number of H-pyrrole nitrogens is 1. The number of nitrogens with one attached hydrogen (secondary N) is 1. The number of hydrogen-bond donors (Lipinski definition) is 2. The highest BCUT2D eigenvalue weighted by atomic mass is 16.5. The molecule has 1 aromatic rings. The van der Waals surface area contributed by atoms with Crippen molar-refractivity contribution < 1.29 is 4.74 Å². The molecule has 1 unspecified atom stereocenters. The number of aromatic amines is 1. The summed E-state index contributed by atoms with van der Waals surface area (Å²) in [6.07, 6.45) is 0.535. The van der Waals surface area contributed by atoms with Crippen LogP contribution in [0.15, 0.2) is 4.79 Å². The van der Waals surface area contributed by atoms with E-state index in [-0.39, 0.29) is 17.5 Å². The second-order valence-electron chi connectivity index (χ2n) is 3.09. The third-order valence-corrected chi connectivity index (χ3v) is 2.17. The number of anilines is 1. The number of nitrogen functional groups attached to an aromatic ring is 1. The highest BCUT2D eigenvalue weighted by Gasteiger charge is 2.12. The van der Waals surface area contributed by atoms with Crippen LogP contribution in [0.25, 0.3) is 0 Å². The summed E-state index contributed by atoms with van der Waals surface area (Å²) in [5.74, 6) is 0.752. The molecule has 0 aromatic carbocycles. The van der Waals surface area contributed by atoms with Crippen LogP contribution in [0.4, 0.5) is 5.82 Å². The summed E-state index contributed by atoms with van der Waals surface area (Å²) in [5, 5.41) is 0. The third-order valence-electron chi connectivity index (χ3n) is 2.17. The first kappa shape index (κ1) is 10.7. The van der Waals surface area contributed by atoms with Crippen LogP contribution in [0, 0.1) is 6.92 Å². The molecule has 5 nitrogen and oxygen atoms in total. The third kappa shape index (κ3) is 1.93. The molecular formula is C9H15N3O2. The average Bonchev–Trinajstić information content (AvgIpc) is 2.16.